The molecule has 0 spiro atoms. The number of benzene rings is 1. The minimum Gasteiger partial charge on any atom is -0.399 e. The fourth-order valence-electron chi connectivity index (χ4n) is 0.791. The van der Waals surface area contributed by atoms with Crippen molar-refractivity contribution in [2.45, 2.75) is 0 Å². The molecule has 0 bridgehead atoms. The first-order valence-corrected chi connectivity index (χ1v) is 3.92. The summed E-state index contributed by atoms with van der Waals surface area (Å²) in [5.41, 5.74) is 3.20. The lowest BCUT2D eigenvalue weighted by molar-refractivity contribution is 0.216. The molecule has 0 unspecified atom stereocenters. The highest BCUT2D eigenvalue weighted by Crippen LogP contribution is 2.08. The molecule has 0 aliphatic rings. The Kier molecular flexibility index (Phi) is 4.13. The number of nitrogens with zero attached hydrogens (tertiary/aromatic N) is 2. The Morgan fingerprint density at radius 3 is 3.00 bits per heavy atom. The third-order valence-corrected chi connectivity index (χ3v) is 1.33. The van der Waals surface area contributed by atoms with Crippen LogP contribution in [0.1, 0.15) is 0 Å². The highest BCUT2D eigenvalue weighted by Gasteiger charge is 1.90. The fraction of sp³-hybridized carbons (Fsp3) is 0.111. The Bertz CT molecular complexity index is 339. The molecule has 1 aromatic rings. The molecule has 0 saturated heterocycles. The van der Waals surface area contributed by atoms with Gasteiger partial charge in [-0.05, 0) is 18.2 Å². The second kappa shape index (κ2) is 5.69. The molecule has 0 radical (unpaired) electrons. The first kappa shape index (κ1) is 10.2. The molecule has 0 aromatic heterocycles. The number of hydrazone groups is 1. The third kappa shape index (κ3) is 3.66. The normalized spacial score (nSPS) is 11.0. The van der Waals surface area contributed by atoms with Crippen LogP contribution >= 0.6 is 0 Å². The lowest BCUT2D eigenvalue weighted by Crippen LogP contribution is -1.90. The molecule has 74 valence electrons. The third-order valence-electron chi connectivity index (χ3n) is 1.33. The van der Waals surface area contributed by atoms with Crippen LogP contribution in [0.15, 0.2) is 34.5 Å². The van der Waals surface area contributed by atoms with Crippen LogP contribution in [-0.2, 0) is 4.84 Å². The Balaban J connectivity index is 2.45. The number of oxime groups is 1. The van der Waals surface area contributed by atoms with E-state index in [1.54, 1.807) is 12.1 Å². The predicted octanol–water partition coefficient (Wildman–Crippen LogP) is 1.86. The Labute approximate surface area is 81.1 Å². The van der Waals surface area contributed by atoms with Crippen molar-refractivity contribution >= 4 is 18.1 Å². The molecule has 0 saturated carbocycles. The first-order valence-electron chi connectivity index (χ1n) is 3.92. The summed E-state index contributed by atoms with van der Waals surface area (Å²) >= 11 is 0. The van der Waals surface area contributed by atoms with Crippen molar-refractivity contribution in [3.05, 3.63) is 30.1 Å². The molecule has 0 atom stereocenters. The van der Waals surface area contributed by atoms with E-state index in [-0.39, 0.29) is 5.82 Å². The topological polar surface area (TPSA) is 46.0 Å². The number of rotatable bonds is 4. The van der Waals surface area contributed by atoms with Gasteiger partial charge in [-0.3, -0.25) is 5.43 Å². The number of nitrogens with one attached hydrogen (secondary N) is 1. The van der Waals surface area contributed by atoms with Crippen LogP contribution < -0.4 is 5.43 Å². The van der Waals surface area contributed by atoms with Crippen LogP contribution in [0.2, 0.25) is 0 Å². The van der Waals surface area contributed by atoms with Gasteiger partial charge in [0.25, 0.3) is 0 Å². The van der Waals surface area contributed by atoms with Crippen molar-refractivity contribution in [1.29, 1.82) is 0 Å². The van der Waals surface area contributed by atoms with Crippen LogP contribution in [0.5, 0.6) is 0 Å². The van der Waals surface area contributed by atoms with Gasteiger partial charge in [-0.25, -0.2) is 4.39 Å². The molecule has 0 heterocycles. The molecule has 1 aromatic carbocycles. The van der Waals surface area contributed by atoms with Gasteiger partial charge in [0.05, 0.1) is 18.1 Å². The second-order valence-electron chi connectivity index (χ2n) is 2.34. The zero-order valence-corrected chi connectivity index (χ0v) is 7.64. The van der Waals surface area contributed by atoms with Gasteiger partial charge in [-0.15, -0.1) is 0 Å². The lowest BCUT2D eigenvalue weighted by atomic mass is 10.3. The standard InChI is InChI=1S/C9H10FN3O/c1-14-12-6-5-11-13-9-4-2-3-8(10)7-9/h2-7,13H,1H3/b11-5+,12-6-. The number of halogens is 1. The zero-order valence-electron chi connectivity index (χ0n) is 7.64. The first-order chi connectivity index (χ1) is 6.83. The summed E-state index contributed by atoms with van der Waals surface area (Å²) < 4.78 is 12.7. The van der Waals surface area contributed by atoms with Gasteiger partial charge in [0.15, 0.2) is 0 Å². The van der Waals surface area contributed by atoms with Crippen molar-refractivity contribution in [3.8, 4) is 0 Å². The van der Waals surface area contributed by atoms with E-state index in [4.69, 9.17) is 0 Å². The molecule has 0 aliphatic heterocycles. The van der Waals surface area contributed by atoms with Gasteiger partial charge in [0.1, 0.15) is 12.9 Å². The van der Waals surface area contributed by atoms with Crippen molar-refractivity contribution in [2.75, 3.05) is 12.5 Å². The van der Waals surface area contributed by atoms with Gasteiger partial charge in [0.2, 0.25) is 0 Å². The minimum absolute atomic E-state index is 0.309. The second-order valence-corrected chi connectivity index (χ2v) is 2.34. The summed E-state index contributed by atoms with van der Waals surface area (Å²) in [4.78, 5) is 4.40. The average molecular weight is 195 g/mol. The van der Waals surface area contributed by atoms with Crippen molar-refractivity contribution in [3.63, 3.8) is 0 Å². The van der Waals surface area contributed by atoms with E-state index in [0.717, 1.165) is 0 Å². The van der Waals surface area contributed by atoms with E-state index in [1.807, 2.05) is 0 Å². The van der Waals surface area contributed by atoms with Crippen LogP contribution in [0.3, 0.4) is 0 Å². The van der Waals surface area contributed by atoms with Gasteiger partial charge in [0, 0.05) is 0 Å². The van der Waals surface area contributed by atoms with E-state index >= 15 is 0 Å². The molecule has 1 rings (SSSR count). The summed E-state index contributed by atoms with van der Waals surface area (Å²) in [7, 11) is 1.43. The maximum Gasteiger partial charge on any atom is 0.125 e. The molecule has 14 heavy (non-hydrogen) atoms. The largest absolute Gasteiger partial charge is 0.399 e. The zero-order chi connectivity index (χ0) is 10.2. The molecule has 4 nitrogen and oxygen atoms in total. The van der Waals surface area contributed by atoms with Gasteiger partial charge >= 0.3 is 0 Å². The number of hydrogen-bond donors (Lipinski definition) is 1. The fourth-order valence-corrected chi connectivity index (χ4v) is 0.791. The maximum atomic E-state index is 12.7. The van der Waals surface area contributed by atoms with Crippen molar-refractivity contribution in [2.24, 2.45) is 10.3 Å². The van der Waals surface area contributed by atoms with E-state index < -0.39 is 0 Å². The predicted molar refractivity (Wildman–Crippen MR) is 54.0 cm³/mol. The summed E-state index contributed by atoms with van der Waals surface area (Å²) in [6.07, 6.45) is 2.76. The summed E-state index contributed by atoms with van der Waals surface area (Å²) in [5.74, 6) is -0.309. The summed E-state index contributed by atoms with van der Waals surface area (Å²) in [5, 5.41) is 7.18. The van der Waals surface area contributed by atoms with E-state index in [0.29, 0.717) is 5.69 Å². The molecular weight excluding hydrogens is 185 g/mol. The molecule has 0 fully saturated rings. The molecule has 0 amide bonds. The Morgan fingerprint density at radius 1 is 1.43 bits per heavy atom. The molecule has 1 N–H and O–H groups in total. The van der Waals surface area contributed by atoms with Crippen LogP contribution in [0, 0.1) is 5.82 Å². The minimum atomic E-state index is -0.309. The molecule has 5 heteroatoms. The van der Waals surface area contributed by atoms with Gasteiger partial charge < -0.3 is 4.84 Å². The van der Waals surface area contributed by atoms with Crippen LogP contribution in [0.25, 0.3) is 0 Å². The van der Waals surface area contributed by atoms with Crippen LogP contribution in [-0.4, -0.2) is 19.5 Å². The quantitative estimate of drug-likeness (QED) is 0.588. The van der Waals surface area contributed by atoms with Crippen LogP contribution in [0.4, 0.5) is 10.1 Å². The average Bonchev–Trinajstić information content (AvgIpc) is 2.18. The molecular formula is C9H10FN3O. The monoisotopic (exact) mass is 195 g/mol. The lowest BCUT2D eigenvalue weighted by Gasteiger charge is -1.97. The van der Waals surface area contributed by atoms with Crippen molar-refractivity contribution in [1.82, 2.24) is 0 Å². The van der Waals surface area contributed by atoms with Crippen molar-refractivity contribution < 1.29 is 9.23 Å². The van der Waals surface area contributed by atoms with E-state index in [2.05, 4.69) is 20.5 Å². The maximum absolute atomic E-state index is 12.7. The smallest absolute Gasteiger partial charge is 0.125 e. The van der Waals surface area contributed by atoms with E-state index in [1.165, 1.54) is 31.7 Å². The number of hydrogen-bond acceptors (Lipinski definition) is 4. The van der Waals surface area contributed by atoms with Gasteiger partial charge in [-0.2, -0.15) is 5.10 Å². The number of anilines is 1. The summed E-state index contributed by atoms with van der Waals surface area (Å²) in [6.45, 7) is 0. The summed E-state index contributed by atoms with van der Waals surface area (Å²) in [6, 6.07) is 6.00. The van der Waals surface area contributed by atoms with Gasteiger partial charge in [-0.1, -0.05) is 11.2 Å². The Hall–Kier alpha value is -1.91. The Morgan fingerprint density at radius 2 is 2.29 bits per heavy atom. The highest BCUT2D eigenvalue weighted by molar-refractivity contribution is 6.15. The van der Waals surface area contributed by atoms with E-state index in [9.17, 15) is 4.39 Å². The molecule has 0 aliphatic carbocycles. The highest BCUT2D eigenvalue weighted by atomic mass is 19.1. The SMILES string of the molecule is CO/N=C\C=N\Nc1cccc(F)c1.